The number of para-hydroxylation sites is 1. The molecule has 3 heteroatoms. The number of nitrogens with zero attached hydrogens (tertiary/aromatic N) is 1. The lowest BCUT2D eigenvalue weighted by atomic mass is 10.2. The molecule has 0 heterocycles. The maximum atomic E-state index is 13.4. The van der Waals surface area contributed by atoms with E-state index in [9.17, 15) is 9.18 Å². The lowest BCUT2D eigenvalue weighted by molar-refractivity contribution is -0.118. The Kier molecular flexibility index (Phi) is 2.71. The van der Waals surface area contributed by atoms with Gasteiger partial charge in [0.25, 0.3) is 0 Å². The first-order chi connectivity index (χ1) is 7.18. The van der Waals surface area contributed by atoms with E-state index in [1.54, 1.807) is 30.1 Å². The fraction of sp³-hybridized carbons (Fsp3) is 0.417. The summed E-state index contributed by atoms with van der Waals surface area (Å²) in [6, 6.07) is 6.52. The zero-order chi connectivity index (χ0) is 10.8. The Hall–Kier alpha value is -1.38. The summed E-state index contributed by atoms with van der Waals surface area (Å²) in [5.74, 6) is 0.184. The summed E-state index contributed by atoms with van der Waals surface area (Å²) in [6.07, 6.45) is 2.01. The van der Waals surface area contributed by atoms with Gasteiger partial charge in [-0.2, -0.15) is 0 Å². The minimum Gasteiger partial charge on any atom is -0.365 e. The van der Waals surface area contributed by atoms with Gasteiger partial charge in [-0.1, -0.05) is 12.1 Å². The van der Waals surface area contributed by atoms with Crippen molar-refractivity contribution in [1.29, 1.82) is 0 Å². The molecular weight excluding hydrogens is 193 g/mol. The number of ketones is 1. The van der Waals surface area contributed by atoms with Crippen LogP contribution >= 0.6 is 0 Å². The van der Waals surface area contributed by atoms with E-state index in [2.05, 4.69) is 0 Å². The molecular formula is C12H14FNO. The third-order valence-electron chi connectivity index (χ3n) is 2.69. The van der Waals surface area contributed by atoms with Crippen LogP contribution in [0.5, 0.6) is 0 Å². The highest BCUT2D eigenvalue weighted by atomic mass is 19.1. The molecule has 1 fully saturated rings. The Morgan fingerprint density at radius 3 is 2.73 bits per heavy atom. The maximum absolute atomic E-state index is 13.4. The molecule has 0 saturated heterocycles. The number of benzene rings is 1. The number of hydrogen-bond acceptors (Lipinski definition) is 2. The smallest absolute Gasteiger partial charge is 0.155 e. The van der Waals surface area contributed by atoms with E-state index < -0.39 is 0 Å². The monoisotopic (exact) mass is 207 g/mol. The zero-order valence-corrected chi connectivity index (χ0v) is 8.74. The second kappa shape index (κ2) is 4.01. The fourth-order valence-electron chi connectivity index (χ4n) is 1.61. The quantitative estimate of drug-likeness (QED) is 0.754. The average molecular weight is 207 g/mol. The van der Waals surface area contributed by atoms with E-state index in [-0.39, 0.29) is 17.5 Å². The summed E-state index contributed by atoms with van der Waals surface area (Å²) >= 11 is 0. The minimum atomic E-state index is -0.274. The number of rotatable bonds is 4. The van der Waals surface area contributed by atoms with Gasteiger partial charge in [0.05, 0.1) is 12.2 Å². The van der Waals surface area contributed by atoms with Gasteiger partial charge < -0.3 is 4.90 Å². The first kappa shape index (κ1) is 10.1. The van der Waals surface area contributed by atoms with Gasteiger partial charge in [0.1, 0.15) is 5.82 Å². The highest BCUT2D eigenvalue weighted by molar-refractivity contribution is 5.87. The summed E-state index contributed by atoms with van der Waals surface area (Å²) in [4.78, 5) is 13.2. The Bertz CT molecular complexity index is 374. The van der Waals surface area contributed by atoms with Gasteiger partial charge in [-0.05, 0) is 25.0 Å². The Morgan fingerprint density at radius 1 is 1.47 bits per heavy atom. The topological polar surface area (TPSA) is 20.3 Å². The van der Waals surface area contributed by atoms with Crippen molar-refractivity contribution in [1.82, 2.24) is 0 Å². The summed E-state index contributed by atoms with van der Waals surface area (Å²) in [5, 5.41) is 0. The molecule has 0 unspecified atom stereocenters. The largest absolute Gasteiger partial charge is 0.365 e. The van der Waals surface area contributed by atoms with Crippen molar-refractivity contribution in [3.8, 4) is 0 Å². The van der Waals surface area contributed by atoms with E-state index in [1.165, 1.54) is 6.07 Å². The van der Waals surface area contributed by atoms with Crippen molar-refractivity contribution in [3.63, 3.8) is 0 Å². The molecule has 0 amide bonds. The lowest BCUT2D eigenvalue weighted by Gasteiger charge is -2.18. The first-order valence-electron chi connectivity index (χ1n) is 5.17. The molecule has 1 saturated carbocycles. The molecule has 0 atom stereocenters. The Morgan fingerprint density at radius 2 is 2.13 bits per heavy atom. The van der Waals surface area contributed by atoms with Crippen LogP contribution in [0.25, 0.3) is 0 Å². The first-order valence-corrected chi connectivity index (χ1v) is 5.17. The van der Waals surface area contributed by atoms with Crippen molar-refractivity contribution in [3.05, 3.63) is 30.1 Å². The van der Waals surface area contributed by atoms with Crippen molar-refractivity contribution < 1.29 is 9.18 Å². The molecule has 2 rings (SSSR count). The summed E-state index contributed by atoms with van der Waals surface area (Å²) in [5.41, 5.74) is 0.492. The highest BCUT2D eigenvalue weighted by Gasteiger charge is 2.30. The van der Waals surface area contributed by atoms with Crippen LogP contribution in [0, 0.1) is 11.7 Å². The van der Waals surface area contributed by atoms with Crippen LogP contribution in [0.15, 0.2) is 24.3 Å². The molecule has 80 valence electrons. The number of carbonyl (C=O) groups is 1. The minimum absolute atomic E-state index is 0.223. The van der Waals surface area contributed by atoms with Gasteiger partial charge in [0.15, 0.2) is 5.78 Å². The van der Waals surface area contributed by atoms with Gasteiger partial charge in [-0.25, -0.2) is 4.39 Å². The molecule has 1 aliphatic carbocycles. The summed E-state index contributed by atoms with van der Waals surface area (Å²) in [6.45, 7) is 0.311. The molecule has 0 aromatic heterocycles. The zero-order valence-electron chi connectivity index (χ0n) is 8.74. The molecule has 0 spiro atoms. The third kappa shape index (κ3) is 2.35. The van der Waals surface area contributed by atoms with E-state index in [0.717, 1.165) is 12.8 Å². The highest BCUT2D eigenvalue weighted by Crippen LogP contribution is 2.30. The second-order valence-corrected chi connectivity index (χ2v) is 4.05. The molecule has 0 radical (unpaired) electrons. The van der Waals surface area contributed by atoms with Gasteiger partial charge in [0, 0.05) is 13.0 Å². The normalized spacial score (nSPS) is 15.1. The number of halogens is 1. The second-order valence-electron chi connectivity index (χ2n) is 4.05. The van der Waals surface area contributed by atoms with Crippen molar-refractivity contribution in [2.45, 2.75) is 12.8 Å². The van der Waals surface area contributed by atoms with E-state index >= 15 is 0 Å². The van der Waals surface area contributed by atoms with Crippen LogP contribution in [0.2, 0.25) is 0 Å². The van der Waals surface area contributed by atoms with Gasteiger partial charge in [-0.15, -0.1) is 0 Å². The van der Waals surface area contributed by atoms with Gasteiger partial charge in [0.2, 0.25) is 0 Å². The van der Waals surface area contributed by atoms with Crippen molar-refractivity contribution in [2.24, 2.45) is 5.92 Å². The van der Waals surface area contributed by atoms with Crippen molar-refractivity contribution >= 4 is 11.5 Å². The van der Waals surface area contributed by atoms with Gasteiger partial charge in [-0.3, -0.25) is 4.79 Å². The van der Waals surface area contributed by atoms with E-state index in [0.29, 0.717) is 12.2 Å². The number of carbonyl (C=O) groups excluding carboxylic acids is 1. The van der Waals surface area contributed by atoms with E-state index in [4.69, 9.17) is 0 Å². The standard InChI is InChI=1S/C12H14FNO/c1-14(8-12(15)9-6-7-9)11-5-3-2-4-10(11)13/h2-5,9H,6-8H2,1H3. The number of likely N-dealkylation sites (N-methyl/N-ethyl adjacent to an activating group) is 1. The fourth-order valence-corrected chi connectivity index (χ4v) is 1.61. The number of anilines is 1. The van der Waals surface area contributed by atoms with Crippen LogP contribution in [-0.2, 0) is 4.79 Å². The van der Waals surface area contributed by atoms with E-state index in [1.807, 2.05) is 0 Å². The summed E-state index contributed by atoms with van der Waals surface area (Å²) < 4.78 is 13.4. The third-order valence-corrected chi connectivity index (χ3v) is 2.69. The van der Waals surface area contributed by atoms with Crippen LogP contribution in [-0.4, -0.2) is 19.4 Å². The summed E-state index contributed by atoms with van der Waals surface area (Å²) in [7, 11) is 1.75. The molecule has 0 aliphatic heterocycles. The maximum Gasteiger partial charge on any atom is 0.155 e. The van der Waals surface area contributed by atoms with Crippen LogP contribution in [0.1, 0.15) is 12.8 Å². The SMILES string of the molecule is CN(CC(=O)C1CC1)c1ccccc1F. The molecule has 0 N–H and O–H groups in total. The van der Waals surface area contributed by atoms with Crippen LogP contribution < -0.4 is 4.90 Å². The lowest BCUT2D eigenvalue weighted by Crippen LogP contribution is -2.27. The van der Waals surface area contributed by atoms with Gasteiger partial charge >= 0.3 is 0 Å². The Balaban J connectivity index is 2.03. The molecule has 0 bridgehead atoms. The van der Waals surface area contributed by atoms with Crippen molar-refractivity contribution in [2.75, 3.05) is 18.5 Å². The predicted octanol–water partition coefficient (Wildman–Crippen LogP) is 2.24. The number of hydrogen-bond donors (Lipinski definition) is 0. The molecule has 1 aliphatic rings. The molecule has 1 aromatic carbocycles. The average Bonchev–Trinajstić information content (AvgIpc) is 3.01. The van der Waals surface area contributed by atoms with Crippen LogP contribution in [0.4, 0.5) is 10.1 Å². The molecule has 15 heavy (non-hydrogen) atoms. The predicted molar refractivity (Wildman–Crippen MR) is 57.4 cm³/mol. The molecule has 1 aromatic rings. The van der Waals surface area contributed by atoms with Crippen LogP contribution in [0.3, 0.4) is 0 Å². The Labute approximate surface area is 88.7 Å². The molecule has 2 nitrogen and oxygen atoms in total. The number of Topliss-reactive ketones (excluding diaryl/α,β-unsaturated/α-hetero) is 1.